The molecule has 0 aliphatic rings. The number of nitrogens with one attached hydrogen (secondary N) is 1. The second-order valence-electron chi connectivity index (χ2n) is 7.22. The standard InChI is InChI=1S/C18H24N4O2S/c1-7-25-14-13-9-8-12(18(5,6)11-19)10-22(13)21-15(14)20-16(23)24-17(2,3)4/h8-10H,7H2,1-6H3,(H,20,21,23). The minimum Gasteiger partial charge on any atom is -0.444 e. The van der Waals surface area contributed by atoms with Crippen molar-refractivity contribution in [1.29, 1.82) is 5.26 Å². The number of carbonyl (C=O) groups is 1. The molecule has 7 heteroatoms. The van der Waals surface area contributed by atoms with Crippen LogP contribution >= 0.6 is 11.8 Å². The van der Waals surface area contributed by atoms with Gasteiger partial charge < -0.3 is 4.74 Å². The topological polar surface area (TPSA) is 79.4 Å². The number of rotatable bonds is 4. The lowest BCUT2D eigenvalue weighted by Gasteiger charge is -2.19. The van der Waals surface area contributed by atoms with Crippen LogP contribution in [0.25, 0.3) is 5.52 Å². The number of nitriles is 1. The fourth-order valence-corrected chi connectivity index (χ4v) is 3.06. The van der Waals surface area contributed by atoms with Crippen molar-refractivity contribution in [3.63, 3.8) is 0 Å². The van der Waals surface area contributed by atoms with Crippen molar-refractivity contribution in [3.8, 4) is 6.07 Å². The number of anilines is 1. The molecule has 0 saturated carbocycles. The summed E-state index contributed by atoms with van der Waals surface area (Å²) in [5.41, 5.74) is 0.555. The zero-order valence-electron chi connectivity index (χ0n) is 15.5. The highest BCUT2D eigenvalue weighted by Gasteiger charge is 2.23. The summed E-state index contributed by atoms with van der Waals surface area (Å²) in [4.78, 5) is 13.0. The van der Waals surface area contributed by atoms with Crippen LogP contribution < -0.4 is 5.32 Å². The van der Waals surface area contributed by atoms with Crippen LogP contribution in [0.1, 0.15) is 47.1 Å². The number of nitrogens with zero attached hydrogens (tertiary/aromatic N) is 3. The average Bonchev–Trinajstić information content (AvgIpc) is 2.82. The molecular weight excluding hydrogens is 336 g/mol. The number of thioether (sulfide) groups is 1. The van der Waals surface area contributed by atoms with Crippen LogP contribution in [0.2, 0.25) is 0 Å². The van der Waals surface area contributed by atoms with Crippen LogP contribution in [0, 0.1) is 11.3 Å². The van der Waals surface area contributed by atoms with Gasteiger partial charge in [0.1, 0.15) is 5.60 Å². The summed E-state index contributed by atoms with van der Waals surface area (Å²) >= 11 is 1.60. The number of aromatic nitrogens is 2. The van der Waals surface area contributed by atoms with Gasteiger partial charge in [0.05, 0.1) is 21.9 Å². The summed E-state index contributed by atoms with van der Waals surface area (Å²) in [6, 6.07) is 6.15. The zero-order chi connectivity index (χ0) is 18.8. The molecule has 25 heavy (non-hydrogen) atoms. The van der Waals surface area contributed by atoms with Crippen LogP contribution in [0.3, 0.4) is 0 Å². The van der Waals surface area contributed by atoms with Gasteiger partial charge in [-0.3, -0.25) is 5.32 Å². The first-order chi connectivity index (χ1) is 11.6. The summed E-state index contributed by atoms with van der Waals surface area (Å²) in [6.07, 6.45) is 1.30. The Bertz CT molecular complexity index is 828. The Labute approximate surface area is 152 Å². The highest BCUT2D eigenvalue weighted by Crippen LogP contribution is 2.33. The van der Waals surface area contributed by atoms with Crippen LogP contribution in [-0.4, -0.2) is 27.1 Å². The molecule has 0 bridgehead atoms. The van der Waals surface area contributed by atoms with E-state index in [0.29, 0.717) is 5.82 Å². The van der Waals surface area contributed by atoms with Gasteiger partial charge in [-0.05, 0) is 52.0 Å². The van der Waals surface area contributed by atoms with Gasteiger partial charge in [-0.25, -0.2) is 9.31 Å². The summed E-state index contributed by atoms with van der Waals surface area (Å²) in [5.74, 6) is 1.31. The van der Waals surface area contributed by atoms with Gasteiger partial charge >= 0.3 is 6.09 Å². The summed E-state index contributed by atoms with van der Waals surface area (Å²) in [6.45, 7) is 11.2. The lowest BCUT2D eigenvalue weighted by atomic mass is 9.88. The third-order valence-corrected chi connectivity index (χ3v) is 4.47. The molecule has 1 amide bonds. The third kappa shape index (κ3) is 4.45. The van der Waals surface area contributed by atoms with Crippen molar-refractivity contribution in [3.05, 3.63) is 23.9 Å². The van der Waals surface area contributed by atoms with E-state index in [0.717, 1.165) is 21.7 Å². The molecule has 0 aliphatic heterocycles. The molecule has 0 saturated heterocycles. The highest BCUT2D eigenvalue weighted by molar-refractivity contribution is 7.99. The molecule has 0 spiro atoms. The first kappa shape index (κ1) is 19.1. The largest absolute Gasteiger partial charge is 0.444 e. The Kier molecular flexibility index (Phi) is 5.33. The molecule has 0 aliphatic carbocycles. The molecule has 0 fully saturated rings. The van der Waals surface area contributed by atoms with Crippen LogP contribution in [-0.2, 0) is 10.2 Å². The molecule has 2 aromatic heterocycles. The second-order valence-corrected chi connectivity index (χ2v) is 8.50. The molecule has 0 atom stereocenters. The monoisotopic (exact) mass is 360 g/mol. The molecule has 0 aromatic carbocycles. The van der Waals surface area contributed by atoms with Gasteiger partial charge in [-0.2, -0.15) is 5.26 Å². The van der Waals surface area contributed by atoms with Crippen molar-refractivity contribution in [1.82, 2.24) is 9.61 Å². The molecule has 0 unspecified atom stereocenters. The highest BCUT2D eigenvalue weighted by atomic mass is 32.2. The van der Waals surface area contributed by atoms with Gasteiger partial charge in [-0.15, -0.1) is 16.9 Å². The van der Waals surface area contributed by atoms with Gasteiger partial charge in [0.15, 0.2) is 5.82 Å². The number of hydrogen-bond acceptors (Lipinski definition) is 5. The van der Waals surface area contributed by atoms with Gasteiger partial charge in [0.25, 0.3) is 0 Å². The van der Waals surface area contributed by atoms with Crippen LogP contribution in [0.4, 0.5) is 10.6 Å². The number of pyridine rings is 1. The number of ether oxygens (including phenoxy) is 1. The van der Waals surface area contributed by atoms with Crippen molar-refractivity contribution in [2.75, 3.05) is 11.1 Å². The molecule has 2 aromatic rings. The first-order valence-electron chi connectivity index (χ1n) is 8.14. The molecule has 2 rings (SSSR count). The normalized spacial score (nSPS) is 12.0. The Morgan fingerprint density at radius 2 is 2.04 bits per heavy atom. The van der Waals surface area contributed by atoms with Gasteiger partial charge in [0, 0.05) is 6.20 Å². The van der Waals surface area contributed by atoms with Crippen LogP contribution in [0.15, 0.2) is 23.2 Å². The Balaban J connectivity index is 2.44. The maximum Gasteiger partial charge on any atom is 0.413 e. The van der Waals surface area contributed by atoms with Crippen molar-refractivity contribution >= 4 is 29.2 Å². The predicted molar refractivity (Wildman–Crippen MR) is 100 cm³/mol. The van der Waals surface area contributed by atoms with Crippen molar-refractivity contribution < 1.29 is 9.53 Å². The van der Waals surface area contributed by atoms with Crippen LogP contribution in [0.5, 0.6) is 0 Å². The van der Waals surface area contributed by atoms with Crippen molar-refractivity contribution in [2.24, 2.45) is 0 Å². The Hall–Kier alpha value is -2.20. The SMILES string of the molecule is CCSc1c(NC(=O)OC(C)(C)C)nn2cc(C(C)(C)C#N)ccc12. The fourth-order valence-electron chi connectivity index (χ4n) is 2.23. The zero-order valence-corrected chi connectivity index (χ0v) is 16.3. The van der Waals surface area contributed by atoms with E-state index in [2.05, 4.69) is 16.5 Å². The lowest BCUT2D eigenvalue weighted by Crippen LogP contribution is -2.27. The van der Waals surface area contributed by atoms with E-state index in [9.17, 15) is 10.1 Å². The molecule has 134 valence electrons. The molecule has 2 heterocycles. The number of amides is 1. The second kappa shape index (κ2) is 6.96. The van der Waals surface area contributed by atoms with E-state index >= 15 is 0 Å². The summed E-state index contributed by atoms with van der Waals surface area (Å²) in [5, 5.41) is 16.6. The quantitative estimate of drug-likeness (QED) is 0.806. The van der Waals surface area contributed by atoms with Gasteiger partial charge in [-0.1, -0.05) is 13.0 Å². The Morgan fingerprint density at radius 3 is 2.60 bits per heavy atom. The van der Waals surface area contributed by atoms with E-state index in [1.54, 1.807) is 16.3 Å². The lowest BCUT2D eigenvalue weighted by molar-refractivity contribution is 0.0635. The minimum absolute atomic E-state index is 0.466. The average molecular weight is 360 g/mol. The van der Waals surface area contributed by atoms with E-state index < -0.39 is 17.1 Å². The van der Waals surface area contributed by atoms with E-state index in [4.69, 9.17) is 4.74 Å². The fraction of sp³-hybridized carbons (Fsp3) is 0.500. The molecular formula is C18H24N4O2S. The minimum atomic E-state index is -0.614. The predicted octanol–water partition coefficient (Wildman–Crippen LogP) is 4.59. The summed E-state index contributed by atoms with van der Waals surface area (Å²) in [7, 11) is 0. The smallest absolute Gasteiger partial charge is 0.413 e. The van der Waals surface area contributed by atoms with E-state index in [-0.39, 0.29) is 0 Å². The molecule has 6 nitrogen and oxygen atoms in total. The first-order valence-corrected chi connectivity index (χ1v) is 9.13. The Morgan fingerprint density at radius 1 is 1.36 bits per heavy atom. The maximum absolute atomic E-state index is 12.1. The molecule has 0 radical (unpaired) electrons. The van der Waals surface area contributed by atoms with E-state index in [1.165, 1.54) is 0 Å². The van der Waals surface area contributed by atoms with Gasteiger partial charge in [0.2, 0.25) is 0 Å². The maximum atomic E-state index is 12.1. The number of fused-ring (bicyclic) bond motifs is 1. The third-order valence-electron chi connectivity index (χ3n) is 3.49. The number of carbonyl (C=O) groups excluding carboxylic acids is 1. The van der Waals surface area contributed by atoms with Crippen molar-refractivity contribution in [2.45, 2.75) is 57.5 Å². The summed E-state index contributed by atoms with van der Waals surface area (Å²) < 4.78 is 7.02. The number of hydrogen-bond donors (Lipinski definition) is 1. The molecule has 1 N–H and O–H groups in total. The van der Waals surface area contributed by atoms with E-state index in [1.807, 2.05) is 59.9 Å².